The number of ether oxygens (including phenoxy) is 1. The monoisotopic (exact) mass is 1220 g/mol. The van der Waals surface area contributed by atoms with E-state index in [0.29, 0.717) is 0 Å². The van der Waals surface area contributed by atoms with Crippen LogP contribution in [0.5, 0.6) is 0 Å². The van der Waals surface area contributed by atoms with Crippen LogP contribution >= 0.6 is 0 Å². The average Bonchev–Trinajstić information content (AvgIpc) is 3.38. The van der Waals surface area contributed by atoms with Crippen molar-refractivity contribution in [3.8, 4) is 0 Å². The Morgan fingerprint density at radius 3 is 1.33 bits per heavy atom. The maximum atomic E-state index is 15.2. The van der Waals surface area contributed by atoms with Crippen LogP contribution in [0.2, 0.25) is 0 Å². The van der Waals surface area contributed by atoms with E-state index in [1.165, 1.54) is 93.8 Å². The van der Waals surface area contributed by atoms with Gasteiger partial charge in [0.05, 0.1) is 6.54 Å². The maximum absolute atomic E-state index is 15.2. The number of carbonyl (C=O) groups excluding carboxylic acids is 12. The standard InChI is InChI=1S/C62H109N11O13/c1-26-39(15)52(86-42(18)74)51-56(79)65-43(27-2)58(81)67(19)32-48(75)68(20)44(28-33(3)4)55(78)66-49(37(11)12)61(84)69(21)45(29-34(5)6)54(77)63-40(16)53(76)64-41(17)57(80)70(22)46(30-35(7)8)59(82)71(23)47(31-36(9)10)60(83)72(24)50(38(13)14)62(85)73(51)25/h26,33-41,43-47,49-52H,1,27-32H2,2-25H3,(H,63,77)(H,64,76)(H,65,79)(H,66,78)/t39-,40+,41-,43+,44+,45+,46+,47+,49+,50+,51?,52-/m1/s1. The molecule has 4 N–H and O–H groups in total. The first-order chi connectivity index (χ1) is 39.6. The summed E-state index contributed by atoms with van der Waals surface area (Å²) in [5, 5.41) is 10.9. The Hall–Kier alpha value is -6.62. The van der Waals surface area contributed by atoms with Gasteiger partial charge in [0, 0.05) is 62.2 Å². The topological polar surface area (TPSA) is 285 Å². The van der Waals surface area contributed by atoms with E-state index in [9.17, 15) is 47.9 Å². The quantitative estimate of drug-likeness (QED) is 0.136. The van der Waals surface area contributed by atoms with Gasteiger partial charge in [-0.2, -0.15) is 0 Å². The van der Waals surface area contributed by atoms with Gasteiger partial charge in [-0.15, -0.1) is 6.58 Å². The molecule has 0 aromatic rings. The Bertz CT molecular complexity index is 2400. The normalized spacial score (nSPS) is 26.5. The number of amides is 11. The molecule has 0 aliphatic carbocycles. The van der Waals surface area contributed by atoms with Gasteiger partial charge in [0.15, 0.2) is 0 Å². The van der Waals surface area contributed by atoms with Gasteiger partial charge in [-0.3, -0.25) is 57.5 Å². The van der Waals surface area contributed by atoms with Crippen molar-refractivity contribution in [2.24, 2.45) is 41.4 Å². The van der Waals surface area contributed by atoms with E-state index < -0.39 is 162 Å². The molecule has 490 valence electrons. The van der Waals surface area contributed by atoms with Crippen LogP contribution in [0.25, 0.3) is 0 Å². The zero-order valence-corrected chi connectivity index (χ0v) is 56.4. The zero-order valence-electron chi connectivity index (χ0n) is 56.4. The highest BCUT2D eigenvalue weighted by Gasteiger charge is 2.46. The number of nitrogens with zero attached hydrogens (tertiary/aromatic N) is 7. The lowest BCUT2D eigenvalue weighted by Crippen LogP contribution is -2.64. The molecule has 86 heavy (non-hydrogen) atoms. The summed E-state index contributed by atoms with van der Waals surface area (Å²) >= 11 is 0. The molecule has 1 heterocycles. The van der Waals surface area contributed by atoms with Crippen molar-refractivity contribution in [2.45, 2.75) is 216 Å². The minimum atomic E-state index is -1.65. The van der Waals surface area contributed by atoms with E-state index >= 15 is 9.59 Å². The van der Waals surface area contributed by atoms with Gasteiger partial charge in [-0.05, 0) is 81.5 Å². The Morgan fingerprint density at radius 1 is 0.488 bits per heavy atom. The van der Waals surface area contributed by atoms with Crippen LogP contribution in [0.15, 0.2) is 12.7 Å². The van der Waals surface area contributed by atoms with Crippen molar-refractivity contribution in [2.75, 3.05) is 55.9 Å². The number of rotatable bonds is 15. The van der Waals surface area contributed by atoms with Gasteiger partial charge in [-0.25, -0.2) is 0 Å². The minimum absolute atomic E-state index is 0.0138. The fourth-order valence-corrected chi connectivity index (χ4v) is 10.7. The molecule has 1 aliphatic heterocycles. The van der Waals surface area contributed by atoms with Gasteiger partial charge in [0.25, 0.3) is 0 Å². The molecule has 1 saturated heterocycles. The van der Waals surface area contributed by atoms with Crippen molar-refractivity contribution in [3.05, 3.63) is 12.7 Å². The number of nitrogens with one attached hydrogen (secondary N) is 4. The summed E-state index contributed by atoms with van der Waals surface area (Å²) in [5.74, 6) is -11.0. The first-order valence-electron chi connectivity index (χ1n) is 30.5. The fraction of sp³-hybridized carbons (Fsp3) is 0.774. The van der Waals surface area contributed by atoms with Gasteiger partial charge < -0.3 is 60.3 Å². The predicted octanol–water partition coefficient (Wildman–Crippen LogP) is 3.06. The van der Waals surface area contributed by atoms with Crippen molar-refractivity contribution in [3.63, 3.8) is 0 Å². The van der Waals surface area contributed by atoms with Gasteiger partial charge in [0.1, 0.15) is 66.5 Å². The fourth-order valence-electron chi connectivity index (χ4n) is 10.7. The molecule has 0 bridgehead atoms. The largest absolute Gasteiger partial charge is 0.459 e. The van der Waals surface area contributed by atoms with Gasteiger partial charge >= 0.3 is 5.97 Å². The zero-order chi connectivity index (χ0) is 66.8. The van der Waals surface area contributed by atoms with E-state index in [0.717, 1.165) is 16.7 Å². The Labute approximate surface area is 513 Å². The van der Waals surface area contributed by atoms with Crippen LogP contribution < -0.4 is 21.3 Å². The van der Waals surface area contributed by atoms with Crippen LogP contribution in [0.1, 0.15) is 150 Å². The molecule has 12 atom stereocenters. The second-order valence-electron chi connectivity index (χ2n) is 26.0. The molecule has 1 aliphatic rings. The van der Waals surface area contributed by atoms with Crippen LogP contribution in [0.4, 0.5) is 0 Å². The summed E-state index contributed by atoms with van der Waals surface area (Å²) in [6.45, 7) is 32.2. The Morgan fingerprint density at radius 2 is 0.895 bits per heavy atom. The third-order valence-electron chi connectivity index (χ3n) is 15.9. The van der Waals surface area contributed by atoms with Crippen molar-refractivity contribution in [1.29, 1.82) is 0 Å². The molecule has 24 heteroatoms. The summed E-state index contributed by atoms with van der Waals surface area (Å²) in [4.78, 5) is 182. The van der Waals surface area contributed by atoms with E-state index in [1.807, 2.05) is 55.4 Å². The summed E-state index contributed by atoms with van der Waals surface area (Å²) in [6, 6.07) is -12.6. The SMILES string of the molecule is C=C[C@@H](C)[C@@H](OC(C)=O)C1C(=O)N[C@@H](CC)C(=O)N(C)CC(=O)N(C)[C@@H](CC(C)C)C(=O)N[C@@H](C(C)C)C(=O)N(C)[C@@H](CC(C)C)C(=O)N[C@@H](C)C(=O)N[C@H](C)C(=O)N(C)[C@@H](CC(C)C)C(=O)N(C)[C@@H](CC(C)C)C(=O)N(C)[C@@H](C(C)C)C(=O)N1C. The van der Waals surface area contributed by atoms with Crippen molar-refractivity contribution < 1.29 is 62.3 Å². The molecular formula is C62H109N11O13. The molecule has 0 radical (unpaired) electrons. The second kappa shape index (κ2) is 34.7. The Balaban J connectivity index is 4.38. The van der Waals surface area contributed by atoms with Gasteiger partial charge in [-0.1, -0.05) is 103 Å². The second-order valence-corrected chi connectivity index (χ2v) is 26.0. The Kier molecular flexibility index (Phi) is 31.2. The van der Waals surface area contributed by atoms with Crippen LogP contribution in [0, 0.1) is 41.4 Å². The minimum Gasteiger partial charge on any atom is -0.459 e. The molecular weight excluding hydrogens is 1110 g/mol. The van der Waals surface area contributed by atoms with E-state index in [2.05, 4.69) is 27.8 Å². The molecule has 0 saturated carbocycles. The summed E-state index contributed by atoms with van der Waals surface area (Å²) in [6.07, 6.45) is 0.595. The molecule has 1 rings (SSSR count). The summed E-state index contributed by atoms with van der Waals surface area (Å²) < 4.78 is 5.79. The molecule has 1 unspecified atom stereocenters. The van der Waals surface area contributed by atoms with Crippen molar-refractivity contribution in [1.82, 2.24) is 55.6 Å². The summed E-state index contributed by atoms with van der Waals surface area (Å²) in [5.41, 5.74) is 0. The van der Waals surface area contributed by atoms with Crippen LogP contribution in [0.3, 0.4) is 0 Å². The number of likely N-dealkylation sites (N-methyl/N-ethyl adjacent to an activating group) is 7. The van der Waals surface area contributed by atoms with Gasteiger partial charge in [0.2, 0.25) is 65.0 Å². The number of hydrogen-bond acceptors (Lipinski definition) is 13. The smallest absolute Gasteiger partial charge is 0.303 e. The number of hydrogen-bond donors (Lipinski definition) is 4. The highest BCUT2D eigenvalue weighted by molar-refractivity contribution is 5.99. The van der Waals surface area contributed by atoms with Crippen LogP contribution in [-0.2, 0) is 62.3 Å². The molecule has 24 nitrogen and oxygen atoms in total. The highest BCUT2D eigenvalue weighted by Crippen LogP contribution is 2.26. The molecule has 0 aromatic heterocycles. The molecule has 0 aromatic carbocycles. The molecule has 11 amide bonds. The lowest BCUT2D eigenvalue weighted by molar-refractivity contribution is -0.163. The van der Waals surface area contributed by atoms with E-state index in [4.69, 9.17) is 4.74 Å². The number of esters is 1. The third-order valence-corrected chi connectivity index (χ3v) is 15.9. The lowest BCUT2D eigenvalue weighted by Gasteiger charge is -2.42. The van der Waals surface area contributed by atoms with E-state index in [1.54, 1.807) is 41.5 Å². The summed E-state index contributed by atoms with van der Waals surface area (Å²) in [7, 11) is 9.80. The number of carbonyl (C=O) groups is 12. The molecule has 1 fully saturated rings. The van der Waals surface area contributed by atoms with Crippen LogP contribution in [-0.4, -0.2) is 228 Å². The maximum Gasteiger partial charge on any atom is 0.303 e. The molecule has 0 spiro atoms. The van der Waals surface area contributed by atoms with Crippen molar-refractivity contribution >= 4 is 70.9 Å². The predicted molar refractivity (Wildman–Crippen MR) is 329 cm³/mol. The lowest BCUT2D eigenvalue weighted by atomic mass is 9.93. The average molecular weight is 1220 g/mol. The highest BCUT2D eigenvalue weighted by atomic mass is 16.5. The first-order valence-corrected chi connectivity index (χ1v) is 30.5. The first kappa shape index (κ1) is 77.4. The third kappa shape index (κ3) is 21.4. The van der Waals surface area contributed by atoms with E-state index in [-0.39, 0.29) is 55.8 Å².